The molecular weight excluding hydrogens is 288 g/mol. The average Bonchev–Trinajstić information content (AvgIpc) is 3.02. The zero-order valence-corrected chi connectivity index (χ0v) is 12.6. The number of rotatable bonds is 2. The quantitative estimate of drug-likeness (QED) is 0.527. The SMILES string of the molecule is COC(=O)c1nn2ccc3ccccc3c2c1-c1ccccc1. The van der Waals surface area contributed by atoms with E-state index in [1.165, 1.54) is 7.11 Å². The lowest BCUT2D eigenvalue weighted by molar-refractivity contribution is 0.0594. The molecule has 0 atom stereocenters. The van der Waals surface area contributed by atoms with E-state index in [-0.39, 0.29) is 0 Å². The highest BCUT2D eigenvalue weighted by Gasteiger charge is 2.22. The summed E-state index contributed by atoms with van der Waals surface area (Å²) in [5.41, 5.74) is 2.98. The second-order valence-electron chi connectivity index (χ2n) is 5.28. The molecule has 0 aliphatic rings. The number of methoxy groups -OCH3 is 1. The third-order valence-electron chi connectivity index (χ3n) is 3.96. The number of nitrogens with zero attached hydrogens (tertiary/aromatic N) is 2. The summed E-state index contributed by atoms with van der Waals surface area (Å²) in [6.45, 7) is 0. The van der Waals surface area contributed by atoms with Crippen molar-refractivity contribution in [2.45, 2.75) is 0 Å². The molecule has 0 radical (unpaired) electrons. The van der Waals surface area contributed by atoms with Crippen molar-refractivity contribution in [2.24, 2.45) is 0 Å². The topological polar surface area (TPSA) is 43.6 Å². The van der Waals surface area contributed by atoms with E-state index in [0.29, 0.717) is 5.69 Å². The normalized spacial score (nSPS) is 11.0. The molecule has 0 spiro atoms. The number of pyridine rings is 1. The molecule has 0 unspecified atom stereocenters. The maximum Gasteiger partial charge on any atom is 0.359 e. The van der Waals surface area contributed by atoms with E-state index in [2.05, 4.69) is 11.2 Å². The maximum atomic E-state index is 12.2. The molecule has 0 aliphatic heterocycles. The Morgan fingerprint density at radius 3 is 2.52 bits per heavy atom. The smallest absolute Gasteiger partial charge is 0.359 e. The number of ether oxygens (including phenoxy) is 1. The largest absolute Gasteiger partial charge is 0.464 e. The molecular formula is C19H14N2O2. The van der Waals surface area contributed by atoms with Gasteiger partial charge in [0.1, 0.15) is 0 Å². The Morgan fingerprint density at radius 2 is 1.74 bits per heavy atom. The third kappa shape index (κ3) is 2.07. The van der Waals surface area contributed by atoms with Gasteiger partial charge >= 0.3 is 5.97 Å². The van der Waals surface area contributed by atoms with Crippen LogP contribution in [0, 0.1) is 0 Å². The highest BCUT2D eigenvalue weighted by Crippen LogP contribution is 2.33. The van der Waals surface area contributed by atoms with Gasteiger partial charge in [-0.2, -0.15) is 5.10 Å². The molecule has 0 aliphatic carbocycles. The van der Waals surface area contributed by atoms with Crippen molar-refractivity contribution < 1.29 is 9.53 Å². The van der Waals surface area contributed by atoms with Gasteiger partial charge in [0.2, 0.25) is 0 Å². The van der Waals surface area contributed by atoms with Crippen molar-refractivity contribution in [3.05, 3.63) is 72.6 Å². The van der Waals surface area contributed by atoms with Crippen molar-refractivity contribution in [2.75, 3.05) is 7.11 Å². The minimum absolute atomic E-state index is 0.329. The molecule has 4 aromatic rings. The fourth-order valence-corrected chi connectivity index (χ4v) is 2.93. The lowest BCUT2D eigenvalue weighted by atomic mass is 10.0. The fraction of sp³-hybridized carbons (Fsp3) is 0.0526. The van der Waals surface area contributed by atoms with Gasteiger partial charge in [-0.05, 0) is 17.0 Å². The molecule has 2 heterocycles. The molecule has 23 heavy (non-hydrogen) atoms. The van der Waals surface area contributed by atoms with E-state index in [0.717, 1.165) is 27.4 Å². The zero-order valence-electron chi connectivity index (χ0n) is 12.6. The first-order valence-electron chi connectivity index (χ1n) is 7.33. The van der Waals surface area contributed by atoms with Crippen molar-refractivity contribution in [3.8, 4) is 11.1 Å². The molecule has 4 nitrogen and oxygen atoms in total. The number of hydrogen-bond acceptors (Lipinski definition) is 3. The molecule has 112 valence electrons. The molecule has 4 heteroatoms. The molecule has 2 aromatic carbocycles. The minimum atomic E-state index is -0.434. The summed E-state index contributed by atoms with van der Waals surface area (Å²) in [5.74, 6) is -0.434. The summed E-state index contributed by atoms with van der Waals surface area (Å²) in [6.07, 6.45) is 1.87. The highest BCUT2D eigenvalue weighted by atomic mass is 16.5. The summed E-state index contributed by atoms with van der Waals surface area (Å²) in [7, 11) is 1.37. The minimum Gasteiger partial charge on any atom is -0.464 e. The van der Waals surface area contributed by atoms with Crippen LogP contribution < -0.4 is 0 Å². The first-order chi connectivity index (χ1) is 11.3. The van der Waals surface area contributed by atoms with Gasteiger partial charge in [0.15, 0.2) is 5.69 Å². The van der Waals surface area contributed by atoms with Crippen LogP contribution in [-0.2, 0) is 4.74 Å². The monoisotopic (exact) mass is 302 g/mol. The van der Waals surface area contributed by atoms with Crippen LogP contribution in [0.1, 0.15) is 10.5 Å². The first-order valence-corrected chi connectivity index (χ1v) is 7.33. The summed E-state index contributed by atoms with van der Waals surface area (Å²) in [4.78, 5) is 12.2. The van der Waals surface area contributed by atoms with Crippen molar-refractivity contribution in [3.63, 3.8) is 0 Å². The molecule has 0 bridgehead atoms. The molecule has 0 fully saturated rings. The van der Waals surface area contributed by atoms with Crippen molar-refractivity contribution in [1.82, 2.24) is 9.61 Å². The second kappa shape index (κ2) is 5.25. The van der Waals surface area contributed by atoms with Gasteiger partial charge in [-0.3, -0.25) is 0 Å². The van der Waals surface area contributed by atoms with Crippen LogP contribution in [0.2, 0.25) is 0 Å². The summed E-state index contributed by atoms with van der Waals surface area (Å²) in [6, 6.07) is 19.9. The maximum absolute atomic E-state index is 12.2. The number of aromatic nitrogens is 2. The van der Waals surface area contributed by atoms with Crippen molar-refractivity contribution in [1.29, 1.82) is 0 Å². The van der Waals surface area contributed by atoms with Crippen LogP contribution in [0.5, 0.6) is 0 Å². The lowest BCUT2D eigenvalue weighted by Gasteiger charge is -2.05. The predicted molar refractivity (Wildman–Crippen MR) is 89.5 cm³/mol. The van der Waals surface area contributed by atoms with Gasteiger partial charge in [0, 0.05) is 17.1 Å². The molecule has 2 aromatic heterocycles. The summed E-state index contributed by atoms with van der Waals surface area (Å²) in [5, 5.41) is 6.61. The Balaban J connectivity index is 2.18. The molecule has 0 amide bonds. The van der Waals surface area contributed by atoms with Crippen LogP contribution in [0.15, 0.2) is 66.9 Å². The van der Waals surface area contributed by atoms with E-state index >= 15 is 0 Å². The standard InChI is InChI=1S/C19H14N2O2/c1-23-19(22)17-16(14-8-3-2-4-9-14)18-15-10-6-5-7-13(15)11-12-21(18)20-17/h2-12H,1H3. The van der Waals surface area contributed by atoms with Crippen LogP contribution in [0.25, 0.3) is 27.4 Å². The third-order valence-corrected chi connectivity index (χ3v) is 3.96. The van der Waals surface area contributed by atoms with Crippen LogP contribution in [0.4, 0.5) is 0 Å². The molecule has 0 saturated carbocycles. The van der Waals surface area contributed by atoms with Gasteiger partial charge in [-0.25, -0.2) is 9.31 Å². The first kappa shape index (κ1) is 13.5. The lowest BCUT2D eigenvalue weighted by Crippen LogP contribution is -2.03. The number of esters is 1. The number of hydrogen-bond donors (Lipinski definition) is 0. The van der Waals surface area contributed by atoms with E-state index in [4.69, 9.17) is 4.74 Å². The van der Waals surface area contributed by atoms with E-state index in [9.17, 15) is 4.79 Å². The molecule has 0 saturated heterocycles. The van der Waals surface area contributed by atoms with Gasteiger partial charge in [0.25, 0.3) is 0 Å². The Bertz CT molecular complexity index is 1020. The van der Waals surface area contributed by atoms with Gasteiger partial charge in [-0.1, -0.05) is 54.6 Å². The second-order valence-corrected chi connectivity index (χ2v) is 5.28. The van der Waals surface area contributed by atoms with Crippen LogP contribution in [-0.4, -0.2) is 22.7 Å². The number of carbonyl (C=O) groups excluding carboxylic acids is 1. The van der Waals surface area contributed by atoms with E-state index in [1.807, 2.05) is 60.8 Å². The number of carbonyl (C=O) groups is 1. The van der Waals surface area contributed by atoms with Crippen LogP contribution in [0.3, 0.4) is 0 Å². The fourth-order valence-electron chi connectivity index (χ4n) is 2.93. The average molecular weight is 302 g/mol. The van der Waals surface area contributed by atoms with E-state index in [1.54, 1.807) is 4.52 Å². The van der Waals surface area contributed by atoms with E-state index < -0.39 is 5.97 Å². The number of fused-ring (bicyclic) bond motifs is 3. The Labute approximate surface area is 132 Å². The summed E-state index contributed by atoms with van der Waals surface area (Å²) < 4.78 is 6.67. The Kier molecular flexibility index (Phi) is 3.08. The van der Waals surface area contributed by atoms with Gasteiger partial charge < -0.3 is 4.74 Å². The molecule has 0 N–H and O–H groups in total. The zero-order chi connectivity index (χ0) is 15.8. The summed E-state index contributed by atoms with van der Waals surface area (Å²) >= 11 is 0. The molecule has 4 rings (SSSR count). The van der Waals surface area contributed by atoms with Gasteiger partial charge in [0.05, 0.1) is 12.6 Å². The predicted octanol–water partition coefficient (Wildman–Crippen LogP) is 3.94. The van der Waals surface area contributed by atoms with Gasteiger partial charge in [-0.15, -0.1) is 0 Å². The van der Waals surface area contributed by atoms with Crippen molar-refractivity contribution >= 4 is 22.3 Å². The highest BCUT2D eigenvalue weighted by molar-refractivity contribution is 6.09. The Morgan fingerprint density at radius 1 is 1.00 bits per heavy atom. The Hall–Kier alpha value is -3.14. The number of benzene rings is 2. The van der Waals surface area contributed by atoms with Crippen LogP contribution >= 0.6 is 0 Å².